The van der Waals surface area contributed by atoms with Crippen molar-refractivity contribution in [3.05, 3.63) is 76.3 Å². The van der Waals surface area contributed by atoms with Gasteiger partial charge < -0.3 is 10.1 Å². The third kappa shape index (κ3) is 5.55. The molecule has 0 radical (unpaired) electrons. The normalized spacial score (nSPS) is 10.5. The van der Waals surface area contributed by atoms with E-state index in [2.05, 4.69) is 5.32 Å². The van der Waals surface area contributed by atoms with Gasteiger partial charge in [0.25, 0.3) is 11.6 Å². The van der Waals surface area contributed by atoms with Crippen LogP contribution in [0.25, 0.3) is 10.8 Å². The molecule has 3 aromatic rings. The van der Waals surface area contributed by atoms with Crippen LogP contribution in [0.3, 0.4) is 0 Å². The van der Waals surface area contributed by atoms with Gasteiger partial charge in [-0.3, -0.25) is 19.7 Å². The number of hydrogen-bond donors (Lipinski definition) is 1. The number of aryl methyl sites for hydroxylation is 1. The SMILES string of the molecule is Cc1cc([N+](=O)[O-])ccc1NC(=O)COC(=O)CSc1ccc2ccccc2c1. The molecule has 7 nitrogen and oxygen atoms in total. The van der Waals surface area contributed by atoms with Gasteiger partial charge in [-0.1, -0.05) is 30.3 Å². The molecule has 0 aliphatic rings. The summed E-state index contributed by atoms with van der Waals surface area (Å²) in [7, 11) is 0. The minimum absolute atomic E-state index is 0.0577. The van der Waals surface area contributed by atoms with Crippen LogP contribution in [0.1, 0.15) is 5.56 Å². The van der Waals surface area contributed by atoms with Crippen molar-refractivity contribution in [1.29, 1.82) is 0 Å². The van der Waals surface area contributed by atoms with Gasteiger partial charge in [0.05, 0.1) is 10.7 Å². The Kier molecular flexibility index (Phi) is 6.46. The van der Waals surface area contributed by atoms with Crippen molar-refractivity contribution in [1.82, 2.24) is 0 Å². The smallest absolute Gasteiger partial charge is 0.316 e. The third-order valence-corrected chi connectivity index (χ3v) is 5.10. The minimum atomic E-state index is -0.508. The molecule has 0 saturated heterocycles. The van der Waals surface area contributed by atoms with Crippen molar-refractivity contribution in [2.24, 2.45) is 0 Å². The monoisotopic (exact) mass is 410 g/mol. The fraction of sp³-hybridized carbons (Fsp3) is 0.143. The molecule has 0 aromatic heterocycles. The Labute approximate surface area is 171 Å². The first-order chi connectivity index (χ1) is 13.9. The molecule has 0 heterocycles. The Morgan fingerprint density at radius 3 is 2.55 bits per heavy atom. The van der Waals surface area contributed by atoms with E-state index in [0.717, 1.165) is 15.7 Å². The molecule has 29 heavy (non-hydrogen) atoms. The quantitative estimate of drug-likeness (QED) is 0.269. The summed E-state index contributed by atoms with van der Waals surface area (Å²) < 4.78 is 5.01. The topological polar surface area (TPSA) is 98.5 Å². The maximum Gasteiger partial charge on any atom is 0.316 e. The lowest BCUT2D eigenvalue weighted by Crippen LogP contribution is -2.22. The zero-order valence-corrected chi connectivity index (χ0v) is 16.4. The van der Waals surface area contributed by atoms with Crippen LogP contribution in [0.2, 0.25) is 0 Å². The van der Waals surface area contributed by atoms with Gasteiger partial charge in [-0.2, -0.15) is 0 Å². The van der Waals surface area contributed by atoms with E-state index in [1.165, 1.54) is 30.0 Å². The molecule has 0 atom stereocenters. The molecule has 0 saturated carbocycles. The fourth-order valence-corrected chi connectivity index (χ4v) is 3.42. The van der Waals surface area contributed by atoms with Gasteiger partial charge in [0.15, 0.2) is 6.61 Å². The van der Waals surface area contributed by atoms with Gasteiger partial charge in [-0.15, -0.1) is 11.8 Å². The van der Waals surface area contributed by atoms with Crippen molar-refractivity contribution < 1.29 is 19.2 Å². The molecular weight excluding hydrogens is 392 g/mol. The van der Waals surface area contributed by atoms with Crippen molar-refractivity contribution in [2.75, 3.05) is 17.7 Å². The average Bonchev–Trinajstić information content (AvgIpc) is 2.72. The Hall–Kier alpha value is -3.39. The second kappa shape index (κ2) is 9.20. The fourth-order valence-electron chi connectivity index (χ4n) is 2.68. The van der Waals surface area contributed by atoms with E-state index in [1.54, 1.807) is 6.92 Å². The molecule has 0 aliphatic heterocycles. The van der Waals surface area contributed by atoms with Gasteiger partial charge in [0.2, 0.25) is 0 Å². The maximum absolute atomic E-state index is 12.0. The number of carbonyl (C=O) groups excluding carboxylic acids is 2. The van der Waals surface area contributed by atoms with Crippen LogP contribution < -0.4 is 5.32 Å². The summed E-state index contributed by atoms with van der Waals surface area (Å²) in [5.41, 5.74) is 0.922. The van der Waals surface area contributed by atoms with Crippen LogP contribution >= 0.6 is 11.8 Å². The minimum Gasteiger partial charge on any atom is -0.455 e. The molecule has 0 unspecified atom stereocenters. The molecule has 148 valence electrons. The summed E-state index contributed by atoms with van der Waals surface area (Å²) >= 11 is 1.34. The highest BCUT2D eigenvalue weighted by atomic mass is 32.2. The highest BCUT2D eigenvalue weighted by molar-refractivity contribution is 8.00. The van der Waals surface area contributed by atoms with E-state index < -0.39 is 23.4 Å². The van der Waals surface area contributed by atoms with Gasteiger partial charge in [-0.05, 0) is 41.5 Å². The number of nitro groups is 1. The first-order valence-corrected chi connectivity index (χ1v) is 9.73. The predicted molar refractivity (Wildman–Crippen MR) is 112 cm³/mol. The molecule has 3 aromatic carbocycles. The number of nitrogens with one attached hydrogen (secondary N) is 1. The first kappa shape index (κ1) is 20.3. The maximum atomic E-state index is 12.0. The van der Waals surface area contributed by atoms with Gasteiger partial charge in [-0.25, -0.2) is 0 Å². The van der Waals surface area contributed by atoms with E-state index in [0.29, 0.717) is 11.3 Å². The number of fused-ring (bicyclic) bond motifs is 1. The Balaban J connectivity index is 1.47. The summed E-state index contributed by atoms with van der Waals surface area (Å²) in [6.07, 6.45) is 0. The zero-order valence-electron chi connectivity index (χ0n) is 15.6. The lowest BCUT2D eigenvalue weighted by molar-refractivity contribution is -0.384. The van der Waals surface area contributed by atoms with Gasteiger partial charge in [0.1, 0.15) is 0 Å². The van der Waals surface area contributed by atoms with Crippen LogP contribution in [0.4, 0.5) is 11.4 Å². The second-order valence-corrected chi connectivity index (χ2v) is 7.31. The van der Waals surface area contributed by atoms with Crippen LogP contribution in [0.15, 0.2) is 65.6 Å². The van der Waals surface area contributed by atoms with Crippen LogP contribution in [-0.4, -0.2) is 29.2 Å². The Morgan fingerprint density at radius 1 is 1.07 bits per heavy atom. The number of benzene rings is 3. The van der Waals surface area contributed by atoms with E-state index in [-0.39, 0.29) is 11.4 Å². The zero-order chi connectivity index (χ0) is 20.8. The summed E-state index contributed by atoms with van der Waals surface area (Å²) in [5.74, 6) is -0.924. The number of thioether (sulfide) groups is 1. The van der Waals surface area contributed by atoms with Crippen LogP contribution in [0, 0.1) is 17.0 Å². The molecule has 1 amide bonds. The van der Waals surface area contributed by atoms with Crippen molar-refractivity contribution >= 4 is 45.8 Å². The second-order valence-electron chi connectivity index (χ2n) is 6.26. The molecule has 1 N–H and O–H groups in total. The standard InChI is InChI=1S/C21H18N2O5S/c1-14-10-17(23(26)27)7-9-19(14)22-20(24)12-28-21(25)13-29-18-8-6-15-4-2-3-5-16(15)11-18/h2-11H,12-13H2,1H3,(H,22,24). The molecule has 0 spiro atoms. The largest absolute Gasteiger partial charge is 0.455 e. The Bertz CT molecular complexity index is 1080. The lowest BCUT2D eigenvalue weighted by Gasteiger charge is -2.09. The highest BCUT2D eigenvalue weighted by Crippen LogP contribution is 2.24. The summed E-state index contributed by atoms with van der Waals surface area (Å²) in [6, 6.07) is 18.0. The number of carbonyl (C=O) groups is 2. The number of rotatable bonds is 7. The van der Waals surface area contributed by atoms with Crippen molar-refractivity contribution in [3.63, 3.8) is 0 Å². The van der Waals surface area contributed by atoms with E-state index >= 15 is 0 Å². The predicted octanol–water partition coefficient (Wildman–Crippen LogP) is 4.33. The van der Waals surface area contributed by atoms with Crippen molar-refractivity contribution in [2.45, 2.75) is 11.8 Å². The van der Waals surface area contributed by atoms with Crippen LogP contribution in [-0.2, 0) is 14.3 Å². The number of nitro benzene ring substituents is 1. The molecule has 0 fully saturated rings. The lowest BCUT2D eigenvalue weighted by atomic mass is 10.1. The molecule has 0 bridgehead atoms. The number of ether oxygens (including phenoxy) is 1. The van der Waals surface area contributed by atoms with E-state index in [1.807, 2.05) is 42.5 Å². The summed E-state index contributed by atoms with van der Waals surface area (Å²) in [5, 5.41) is 15.5. The van der Waals surface area contributed by atoms with Crippen LogP contribution in [0.5, 0.6) is 0 Å². The van der Waals surface area contributed by atoms with Gasteiger partial charge in [0, 0.05) is 22.7 Å². The number of anilines is 1. The number of amides is 1. The number of non-ortho nitro benzene ring substituents is 1. The van der Waals surface area contributed by atoms with E-state index in [9.17, 15) is 19.7 Å². The summed E-state index contributed by atoms with van der Waals surface area (Å²) in [4.78, 5) is 35.1. The first-order valence-electron chi connectivity index (χ1n) is 8.74. The summed E-state index contributed by atoms with van der Waals surface area (Å²) in [6.45, 7) is 1.22. The number of esters is 1. The number of hydrogen-bond acceptors (Lipinski definition) is 6. The molecular formula is C21H18N2O5S. The van der Waals surface area contributed by atoms with Crippen molar-refractivity contribution in [3.8, 4) is 0 Å². The number of nitrogens with zero attached hydrogens (tertiary/aromatic N) is 1. The van der Waals surface area contributed by atoms with Gasteiger partial charge >= 0.3 is 5.97 Å². The third-order valence-electron chi connectivity index (χ3n) is 4.14. The molecule has 0 aliphatic carbocycles. The highest BCUT2D eigenvalue weighted by Gasteiger charge is 2.12. The molecule has 8 heteroatoms. The molecule has 3 rings (SSSR count). The average molecular weight is 410 g/mol. The Morgan fingerprint density at radius 2 is 1.83 bits per heavy atom. The van der Waals surface area contributed by atoms with E-state index in [4.69, 9.17) is 4.74 Å².